The Hall–Kier alpha value is -2.99. The van der Waals surface area contributed by atoms with E-state index in [0.29, 0.717) is 54.6 Å². The van der Waals surface area contributed by atoms with Crippen molar-refractivity contribution in [3.05, 3.63) is 51.7 Å². The van der Waals surface area contributed by atoms with Gasteiger partial charge in [0.2, 0.25) is 5.95 Å². The molecular weight excluding hydrogens is 508 g/mol. The maximum absolute atomic E-state index is 15.0. The van der Waals surface area contributed by atoms with Crippen molar-refractivity contribution in [2.75, 3.05) is 31.6 Å². The molecule has 11 heteroatoms. The molecule has 39 heavy (non-hydrogen) atoms. The number of nitrogens with one attached hydrogen (secondary N) is 1. The van der Waals surface area contributed by atoms with E-state index in [0.717, 1.165) is 11.9 Å². The van der Waals surface area contributed by atoms with Gasteiger partial charge in [0.15, 0.2) is 11.2 Å². The SMILES string of the molecule is Cc1c(CN2CC[C@@H](O)[C@H](F)C2)n(C(C)C)c2cc(-c3nc(N[C@@H]4CCOC[C@H]4O)ncc3F)ccc2c1=O. The number of halogens is 2. The van der Waals surface area contributed by atoms with Crippen molar-refractivity contribution in [2.24, 2.45) is 0 Å². The fourth-order valence-electron chi connectivity index (χ4n) is 5.52. The number of likely N-dealkylation sites (tertiary alicyclic amines) is 1. The molecule has 4 heterocycles. The van der Waals surface area contributed by atoms with Crippen LogP contribution >= 0.6 is 0 Å². The highest BCUT2D eigenvalue weighted by Gasteiger charge is 2.29. The lowest BCUT2D eigenvalue weighted by Crippen LogP contribution is -2.44. The Bertz CT molecular complexity index is 1410. The first-order valence-electron chi connectivity index (χ1n) is 13.4. The van der Waals surface area contributed by atoms with Gasteiger partial charge in [0.25, 0.3) is 0 Å². The van der Waals surface area contributed by atoms with E-state index in [-0.39, 0.29) is 42.3 Å². The van der Waals surface area contributed by atoms with Gasteiger partial charge in [-0.15, -0.1) is 0 Å². The molecule has 3 aromatic rings. The van der Waals surface area contributed by atoms with Crippen molar-refractivity contribution in [2.45, 2.75) is 70.6 Å². The zero-order valence-corrected chi connectivity index (χ0v) is 22.4. The summed E-state index contributed by atoms with van der Waals surface area (Å²) < 4.78 is 36.6. The number of aliphatic hydroxyl groups excluding tert-OH is 2. The Morgan fingerprint density at radius 1 is 1.23 bits per heavy atom. The van der Waals surface area contributed by atoms with Gasteiger partial charge in [-0.3, -0.25) is 9.69 Å². The molecule has 210 valence electrons. The standard InChI is InChI=1S/C28H35F2N5O4/c1-15(2)35-22-10-17(26-19(29)11-31-28(33-26)32-21-7-9-39-14-25(21)37)4-5-18(22)27(38)16(3)23(35)13-34-8-6-24(36)20(30)12-34/h4-5,10-11,15,20-21,24-25,36-37H,6-9,12-14H2,1-3H3,(H,31,32,33)/t20-,21-,24-,25-/m1/s1. The molecule has 3 N–H and O–H groups in total. The van der Waals surface area contributed by atoms with Gasteiger partial charge < -0.3 is 24.8 Å². The second-order valence-corrected chi connectivity index (χ2v) is 10.8. The third kappa shape index (κ3) is 5.54. The van der Waals surface area contributed by atoms with Gasteiger partial charge in [-0.2, -0.15) is 0 Å². The third-order valence-electron chi connectivity index (χ3n) is 7.71. The Balaban J connectivity index is 1.56. The van der Waals surface area contributed by atoms with Crippen LogP contribution in [-0.4, -0.2) is 80.4 Å². The van der Waals surface area contributed by atoms with Crippen LogP contribution in [0.1, 0.15) is 44.0 Å². The van der Waals surface area contributed by atoms with Gasteiger partial charge in [-0.1, -0.05) is 6.07 Å². The van der Waals surface area contributed by atoms with E-state index >= 15 is 4.39 Å². The summed E-state index contributed by atoms with van der Waals surface area (Å²) in [6.45, 7) is 7.46. The van der Waals surface area contributed by atoms with Gasteiger partial charge in [0.05, 0.1) is 36.6 Å². The molecule has 9 nitrogen and oxygen atoms in total. The lowest BCUT2D eigenvalue weighted by molar-refractivity contribution is -0.0136. The lowest BCUT2D eigenvalue weighted by Gasteiger charge is -2.34. The van der Waals surface area contributed by atoms with Crippen molar-refractivity contribution < 1.29 is 23.7 Å². The van der Waals surface area contributed by atoms with Crippen molar-refractivity contribution >= 4 is 16.9 Å². The Kier molecular flexibility index (Phi) is 7.95. The van der Waals surface area contributed by atoms with E-state index in [4.69, 9.17) is 4.74 Å². The molecule has 1 aromatic carbocycles. The number of ether oxygens (including phenoxy) is 1. The number of aromatic nitrogens is 3. The monoisotopic (exact) mass is 543 g/mol. The number of hydrogen-bond acceptors (Lipinski definition) is 8. The Morgan fingerprint density at radius 3 is 2.74 bits per heavy atom. The minimum absolute atomic E-state index is 0.0453. The molecule has 0 unspecified atom stereocenters. The average molecular weight is 544 g/mol. The van der Waals surface area contributed by atoms with Crippen molar-refractivity contribution in [1.82, 2.24) is 19.4 Å². The van der Waals surface area contributed by atoms with Gasteiger partial charge >= 0.3 is 0 Å². The molecule has 2 aliphatic heterocycles. The molecule has 0 aliphatic carbocycles. The highest BCUT2D eigenvalue weighted by Crippen LogP contribution is 2.29. The van der Waals surface area contributed by atoms with Gasteiger partial charge in [-0.25, -0.2) is 18.7 Å². The highest BCUT2D eigenvalue weighted by atomic mass is 19.1. The van der Waals surface area contributed by atoms with Crippen molar-refractivity contribution in [1.29, 1.82) is 0 Å². The van der Waals surface area contributed by atoms with Crippen molar-refractivity contribution in [3.63, 3.8) is 0 Å². The molecule has 2 aliphatic rings. The number of nitrogens with zero attached hydrogens (tertiary/aromatic N) is 4. The molecule has 2 aromatic heterocycles. The molecule has 5 rings (SSSR count). The number of anilines is 1. The zero-order chi connectivity index (χ0) is 27.8. The normalized spacial score (nSPS) is 24.4. The first-order valence-corrected chi connectivity index (χ1v) is 13.4. The van der Waals surface area contributed by atoms with Crippen LogP contribution in [0.25, 0.3) is 22.2 Å². The molecular formula is C28H35F2N5O4. The molecule has 0 amide bonds. The largest absolute Gasteiger partial charge is 0.390 e. The van der Waals surface area contributed by atoms with E-state index in [1.54, 1.807) is 25.1 Å². The van der Waals surface area contributed by atoms with E-state index in [2.05, 4.69) is 15.3 Å². The average Bonchev–Trinajstić information content (AvgIpc) is 2.91. The maximum atomic E-state index is 15.0. The smallest absolute Gasteiger partial charge is 0.223 e. The number of fused-ring (bicyclic) bond motifs is 1. The minimum Gasteiger partial charge on any atom is -0.390 e. The summed E-state index contributed by atoms with van der Waals surface area (Å²) >= 11 is 0. The van der Waals surface area contributed by atoms with Crippen LogP contribution < -0.4 is 10.7 Å². The summed E-state index contributed by atoms with van der Waals surface area (Å²) in [7, 11) is 0. The van der Waals surface area contributed by atoms with Crippen LogP contribution in [0.3, 0.4) is 0 Å². The van der Waals surface area contributed by atoms with E-state index in [1.165, 1.54) is 0 Å². The van der Waals surface area contributed by atoms with Gasteiger partial charge in [0.1, 0.15) is 11.9 Å². The van der Waals surface area contributed by atoms with Crippen LogP contribution in [0, 0.1) is 12.7 Å². The number of pyridine rings is 1. The molecule has 2 fully saturated rings. The maximum Gasteiger partial charge on any atom is 0.223 e. The number of aliphatic hydroxyl groups is 2. The topological polar surface area (TPSA) is 113 Å². The van der Waals surface area contributed by atoms with Gasteiger partial charge in [-0.05, 0) is 45.7 Å². The summed E-state index contributed by atoms with van der Waals surface area (Å²) in [6.07, 6.45) is -1.04. The summed E-state index contributed by atoms with van der Waals surface area (Å²) in [6, 6.07) is 4.76. The fourth-order valence-corrected chi connectivity index (χ4v) is 5.52. The fraction of sp³-hybridized carbons (Fsp3) is 0.536. The second kappa shape index (κ2) is 11.2. The van der Waals surface area contributed by atoms with E-state index < -0.39 is 24.2 Å². The molecule has 0 radical (unpaired) electrons. The number of rotatable bonds is 6. The summed E-state index contributed by atoms with van der Waals surface area (Å²) in [5.74, 6) is -0.421. The predicted molar refractivity (Wildman–Crippen MR) is 144 cm³/mol. The Morgan fingerprint density at radius 2 is 2.03 bits per heavy atom. The van der Waals surface area contributed by atoms with Crippen LogP contribution in [0.15, 0.2) is 29.2 Å². The number of piperidine rings is 1. The highest BCUT2D eigenvalue weighted by molar-refractivity contribution is 5.85. The first kappa shape index (κ1) is 27.6. The van der Waals surface area contributed by atoms with E-state index in [9.17, 15) is 19.4 Å². The molecule has 4 atom stereocenters. The third-order valence-corrected chi connectivity index (χ3v) is 7.71. The van der Waals surface area contributed by atoms with Gasteiger partial charge in [0, 0.05) is 54.5 Å². The summed E-state index contributed by atoms with van der Waals surface area (Å²) in [4.78, 5) is 23.8. The zero-order valence-electron chi connectivity index (χ0n) is 22.4. The molecule has 0 spiro atoms. The molecule has 0 bridgehead atoms. The minimum atomic E-state index is -1.34. The van der Waals surface area contributed by atoms with Crippen LogP contribution in [0.4, 0.5) is 14.7 Å². The first-order chi connectivity index (χ1) is 18.6. The molecule has 2 saturated heterocycles. The predicted octanol–water partition coefficient (Wildman–Crippen LogP) is 2.95. The van der Waals surface area contributed by atoms with E-state index in [1.807, 2.05) is 23.3 Å². The Labute approximate surface area is 225 Å². The summed E-state index contributed by atoms with van der Waals surface area (Å²) in [5, 5.41) is 23.6. The number of hydrogen-bond donors (Lipinski definition) is 3. The van der Waals surface area contributed by atoms with Crippen molar-refractivity contribution in [3.8, 4) is 11.3 Å². The van der Waals surface area contributed by atoms with Crippen LogP contribution in [0.5, 0.6) is 0 Å². The summed E-state index contributed by atoms with van der Waals surface area (Å²) in [5.41, 5.74) is 2.41. The molecule has 0 saturated carbocycles. The van der Waals surface area contributed by atoms with Crippen LogP contribution in [0.2, 0.25) is 0 Å². The number of alkyl halides is 1. The number of benzene rings is 1. The second-order valence-electron chi connectivity index (χ2n) is 10.8. The quantitative estimate of drug-likeness (QED) is 0.435. The van der Waals surface area contributed by atoms with Crippen LogP contribution in [-0.2, 0) is 11.3 Å². The lowest BCUT2D eigenvalue weighted by atomic mass is 10.0.